The molecule has 0 bridgehead atoms. The number of carbonyl (C=O) groups excluding carboxylic acids is 1. The molecule has 0 unspecified atom stereocenters. The smallest absolute Gasteiger partial charge is 0.339 e. The van der Waals surface area contributed by atoms with Crippen LogP contribution in [0.3, 0.4) is 0 Å². The van der Waals surface area contributed by atoms with E-state index in [1.54, 1.807) is 36.4 Å². The van der Waals surface area contributed by atoms with E-state index in [0.29, 0.717) is 10.9 Å². The van der Waals surface area contributed by atoms with Crippen LogP contribution in [0.5, 0.6) is 0 Å². The fourth-order valence-electron chi connectivity index (χ4n) is 2.33. The Kier molecular flexibility index (Phi) is 3.34. The second-order valence-corrected chi connectivity index (χ2v) is 4.63. The van der Waals surface area contributed by atoms with E-state index in [9.17, 15) is 14.4 Å². The summed E-state index contributed by atoms with van der Waals surface area (Å²) in [5.41, 5.74) is -0.320. The van der Waals surface area contributed by atoms with Crippen LogP contribution in [0.25, 0.3) is 16.6 Å². The van der Waals surface area contributed by atoms with Crippen molar-refractivity contribution in [2.45, 2.75) is 0 Å². The van der Waals surface area contributed by atoms with Crippen LogP contribution < -0.4 is 11.2 Å². The molecule has 6 nitrogen and oxygen atoms in total. The number of ether oxygens (including phenoxy) is 1. The van der Waals surface area contributed by atoms with Gasteiger partial charge in [0, 0.05) is 0 Å². The minimum Gasteiger partial charge on any atom is -0.465 e. The Hall–Kier alpha value is -3.15. The number of benzene rings is 2. The Labute approximate surface area is 124 Å². The first-order valence-corrected chi connectivity index (χ1v) is 6.55. The second-order valence-electron chi connectivity index (χ2n) is 4.63. The SMILES string of the molecule is COC(=O)c1ccccc1-n1c(=O)[nH]c2ccccc2c1=O. The molecule has 2 aromatic carbocycles. The lowest BCUT2D eigenvalue weighted by Crippen LogP contribution is -2.34. The van der Waals surface area contributed by atoms with Gasteiger partial charge in [0.1, 0.15) is 0 Å². The van der Waals surface area contributed by atoms with Crippen molar-refractivity contribution < 1.29 is 9.53 Å². The topological polar surface area (TPSA) is 81.2 Å². The number of esters is 1. The molecular formula is C16H12N2O4. The van der Waals surface area contributed by atoms with Gasteiger partial charge in [0.25, 0.3) is 5.56 Å². The summed E-state index contributed by atoms with van der Waals surface area (Å²) in [4.78, 5) is 39.4. The highest BCUT2D eigenvalue weighted by Gasteiger charge is 2.16. The number of aromatic nitrogens is 2. The van der Waals surface area contributed by atoms with Gasteiger partial charge in [-0.2, -0.15) is 0 Å². The fraction of sp³-hybridized carbons (Fsp3) is 0.0625. The molecule has 0 spiro atoms. The molecule has 1 heterocycles. The minimum atomic E-state index is -0.616. The van der Waals surface area contributed by atoms with Crippen molar-refractivity contribution in [2.24, 2.45) is 0 Å². The molecule has 1 aromatic heterocycles. The molecular weight excluding hydrogens is 284 g/mol. The van der Waals surface area contributed by atoms with Crippen molar-refractivity contribution >= 4 is 16.9 Å². The van der Waals surface area contributed by atoms with Gasteiger partial charge in [-0.1, -0.05) is 24.3 Å². The number of rotatable bonds is 2. The Morgan fingerprint density at radius 1 is 1.05 bits per heavy atom. The third-order valence-corrected chi connectivity index (χ3v) is 3.36. The molecule has 0 amide bonds. The highest BCUT2D eigenvalue weighted by molar-refractivity contribution is 5.93. The number of H-pyrrole nitrogens is 1. The number of carbonyl (C=O) groups is 1. The van der Waals surface area contributed by atoms with Crippen molar-refractivity contribution in [3.63, 3.8) is 0 Å². The van der Waals surface area contributed by atoms with Crippen LogP contribution in [-0.2, 0) is 4.74 Å². The van der Waals surface area contributed by atoms with Crippen LogP contribution >= 0.6 is 0 Å². The zero-order chi connectivity index (χ0) is 15.7. The standard InChI is InChI=1S/C16H12N2O4/c1-22-15(20)11-7-3-5-9-13(11)18-14(19)10-6-2-4-8-12(10)17-16(18)21/h2-9H,1H3,(H,17,21). The van der Waals surface area contributed by atoms with Crippen molar-refractivity contribution in [1.82, 2.24) is 9.55 Å². The normalized spacial score (nSPS) is 10.6. The van der Waals surface area contributed by atoms with Gasteiger partial charge in [-0.25, -0.2) is 14.2 Å². The Bertz CT molecular complexity index is 985. The van der Waals surface area contributed by atoms with Crippen LogP contribution in [-0.4, -0.2) is 22.6 Å². The summed E-state index contributed by atoms with van der Waals surface area (Å²) < 4.78 is 5.64. The van der Waals surface area contributed by atoms with Crippen LogP contribution in [0.4, 0.5) is 0 Å². The molecule has 1 N–H and O–H groups in total. The van der Waals surface area contributed by atoms with Gasteiger partial charge < -0.3 is 9.72 Å². The maximum absolute atomic E-state index is 12.6. The van der Waals surface area contributed by atoms with E-state index in [-0.39, 0.29) is 11.3 Å². The van der Waals surface area contributed by atoms with Gasteiger partial charge in [-0.15, -0.1) is 0 Å². The molecule has 6 heteroatoms. The summed E-state index contributed by atoms with van der Waals surface area (Å²) in [6.07, 6.45) is 0. The zero-order valence-corrected chi connectivity index (χ0v) is 11.7. The molecule has 22 heavy (non-hydrogen) atoms. The molecule has 3 rings (SSSR count). The van der Waals surface area contributed by atoms with Crippen LogP contribution in [0, 0.1) is 0 Å². The van der Waals surface area contributed by atoms with E-state index < -0.39 is 17.2 Å². The molecule has 0 saturated heterocycles. The lowest BCUT2D eigenvalue weighted by atomic mass is 10.1. The second kappa shape index (κ2) is 5.33. The van der Waals surface area contributed by atoms with Crippen LogP contribution in [0.2, 0.25) is 0 Å². The highest BCUT2D eigenvalue weighted by atomic mass is 16.5. The van der Waals surface area contributed by atoms with Gasteiger partial charge in [0.05, 0.1) is 29.3 Å². The Balaban J connectivity index is 2.40. The van der Waals surface area contributed by atoms with Crippen LogP contribution in [0.1, 0.15) is 10.4 Å². The van der Waals surface area contributed by atoms with Gasteiger partial charge in [0.2, 0.25) is 0 Å². The fourth-order valence-corrected chi connectivity index (χ4v) is 2.33. The number of nitrogens with one attached hydrogen (secondary N) is 1. The Morgan fingerprint density at radius 2 is 1.73 bits per heavy atom. The van der Waals surface area contributed by atoms with Crippen molar-refractivity contribution in [3.05, 3.63) is 74.9 Å². The van der Waals surface area contributed by atoms with E-state index >= 15 is 0 Å². The summed E-state index contributed by atoms with van der Waals surface area (Å²) >= 11 is 0. The molecule has 0 aliphatic heterocycles. The number of methoxy groups -OCH3 is 1. The van der Waals surface area contributed by atoms with E-state index in [1.165, 1.54) is 19.2 Å². The van der Waals surface area contributed by atoms with Crippen molar-refractivity contribution in [2.75, 3.05) is 7.11 Å². The first-order valence-electron chi connectivity index (χ1n) is 6.55. The van der Waals surface area contributed by atoms with Gasteiger partial charge in [-0.3, -0.25) is 4.79 Å². The predicted octanol–water partition coefficient (Wildman–Crippen LogP) is 1.47. The largest absolute Gasteiger partial charge is 0.465 e. The number of nitrogens with zero attached hydrogens (tertiary/aromatic N) is 1. The van der Waals surface area contributed by atoms with E-state index in [0.717, 1.165) is 4.57 Å². The molecule has 110 valence electrons. The van der Waals surface area contributed by atoms with E-state index in [2.05, 4.69) is 4.98 Å². The summed E-state index contributed by atoms with van der Waals surface area (Å²) in [7, 11) is 1.24. The average molecular weight is 296 g/mol. The van der Waals surface area contributed by atoms with Crippen LogP contribution in [0.15, 0.2) is 58.1 Å². The average Bonchev–Trinajstić information content (AvgIpc) is 2.54. The van der Waals surface area contributed by atoms with E-state index in [4.69, 9.17) is 4.74 Å². The van der Waals surface area contributed by atoms with Crippen molar-refractivity contribution in [3.8, 4) is 5.69 Å². The first kappa shape index (κ1) is 13.8. The minimum absolute atomic E-state index is 0.146. The Morgan fingerprint density at radius 3 is 2.50 bits per heavy atom. The number of para-hydroxylation sites is 2. The van der Waals surface area contributed by atoms with Crippen molar-refractivity contribution in [1.29, 1.82) is 0 Å². The molecule has 0 atom stereocenters. The quantitative estimate of drug-likeness (QED) is 0.726. The maximum atomic E-state index is 12.6. The molecule has 3 aromatic rings. The van der Waals surface area contributed by atoms with Gasteiger partial charge in [0.15, 0.2) is 0 Å². The lowest BCUT2D eigenvalue weighted by molar-refractivity contribution is 0.0600. The molecule has 0 saturated carbocycles. The molecule has 0 fully saturated rings. The zero-order valence-electron chi connectivity index (χ0n) is 11.7. The van der Waals surface area contributed by atoms with E-state index in [1.807, 2.05) is 0 Å². The van der Waals surface area contributed by atoms with Gasteiger partial charge in [-0.05, 0) is 24.3 Å². The monoisotopic (exact) mass is 296 g/mol. The van der Waals surface area contributed by atoms with Gasteiger partial charge >= 0.3 is 11.7 Å². The number of hydrogen-bond acceptors (Lipinski definition) is 4. The summed E-state index contributed by atoms with van der Waals surface area (Å²) in [5, 5.41) is 0.363. The molecule has 0 aliphatic rings. The third kappa shape index (κ3) is 2.10. The lowest BCUT2D eigenvalue weighted by Gasteiger charge is -2.10. The summed E-state index contributed by atoms with van der Waals surface area (Å²) in [5.74, 6) is -0.616. The maximum Gasteiger partial charge on any atom is 0.339 e. The summed E-state index contributed by atoms with van der Waals surface area (Å²) in [6, 6.07) is 13.0. The first-order chi connectivity index (χ1) is 10.6. The molecule has 0 radical (unpaired) electrons. The summed E-state index contributed by atoms with van der Waals surface area (Å²) in [6.45, 7) is 0. The third-order valence-electron chi connectivity index (χ3n) is 3.36. The number of fused-ring (bicyclic) bond motifs is 1. The number of aromatic amines is 1. The highest BCUT2D eigenvalue weighted by Crippen LogP contribution is 2.13. The number of hydrogen-bond donors (Lipinski definition) is 1. The molecule has 0 aliphatic carbocycles. The predicted molar refractivity (Wildman–Crippen MR) is 81.5 cm³/mol.